The molecule has 1 saturated heterocycles. The van der Waals surface area contributed by atoms with Gasteiger partial charge < -0.3 is 14.6 Å². The molecule has 1 aliphatic heterocycles. The van der Waals surface area contributed by atoms with Crippen LogP contribution in [0.5, 0.6) is 5.88 Å². The van der Waals surface area contributed by atoms with Crippen LogP contribution in [0.2, 0.25) is 0 Å². The van der Waals surface area contributed by atoms with E-state index in [1.165, 1.54) is 0 Å². The van der Waals surface area contributed by atoms with Crippen molar-refractivity contribution in [1.29, 1.82) is 0 Å². The summed E-state index contributed by atoms with van der Waals surface area (Å²) >= 11 is 0. The van der Waals surface area contributed by atoms with Crippen molar-refractivity contribution in [3.05, 3.63) is 24.8 Å². The molecule has 0 bridgehead atoms. The summed E-state index contributed by atoms with van der Waals surface area (Å²) < 4.78 is 9.81. The zero-order chi connectivity index (χ0) is 17.6. The Bertz CT molecular complexity index is 944. The smallest absolute Gasteiger partial charge is 0.241 e. The average Bonchev–Trinajstić information content (AvgIpc) is 3.28. The number of carbonyl (C=O) groups is 1. The van der Waals surface area contributed by atoms with Crippen molar-refractivity contribution >= 4 is 16.9 Å². The van der Waals surface area contributed by atoms with Gasteiger partial charge in [0.15, 0.2) is 0 Å². The van der Waals surface area contributed by atoms with Gasteiger partial charge in [-0.2, -0.15) is 5.10 Å². The van der Waals surface area contributed by atoms with Gasteiger partial charge in [0.25, 0.3) is 0 Å². The number of aromatic nitrogens is 5. The lowest BCUT2D eigenvalue weighted by molar-refractivity contribution is -0.119. The molecule has 25 heavy (non-hydrogen) atoms. The molecule has 130 valence electrons. The number of rotatable bonds is 4. The van der Waals surface area contributed by atoms with Crippen molar-refractivity contribution in [1.82, 2.24) is 29.6 Å². The van der Waals surface area contributed by atoms with Crippen LogP contribution in [0, 0.1) is 5.92 Å². The molecule has 3 aromatic rings. The predicted molar refractivity (Wildman–Crippen MR) is 91.9 cm³/mol. The molecule has 1 fully saturated rings. The van der Waals surface area contributed by atoms with Crippen LogP contribution in [0.1, 0.15) is 13.3 Å². The van der Waals surface area contributed by atoms with Gasteiger partial charge in [-0.1, -0.05) is 0 Å². The number of hydrogen-bond donors (Lipinski definition) is 1. The number of aryl methyl sites for hydroxylation is 2. The fourth-order valence-corrected chi connectivity index (χ4v) is 3.15. The largest absolute Gasteiger partial charge is 0.473 e. The second-order valence-electron chi connectivity index (χ2n) is 6.53. The number of nitrogens with zero attached hydrogens (tertiary/aromatic N) is 5. The first kappa shape index (κ1) is 15.6. The molecule has 4 heterocycles. The van der Waals surface area contributed by atoms with Crippen molar-refractivity contribution in [2.45, 2.75) is 19.4 Å². The summed E-state index contributed by atoms with van der Waals surface area (Å²) in [5.41, 5.74) is 3.34. The molecule has 2 unspecified atom stereocenters. The van der Waals surface area contributed by atoms with Crippen molar-refractivity contribution in [2.24, 2.45) is 20.0 Å². The lowest BCUT2D eigenvalue weighted by Crippen LogP contribution is -2.26. The van der Waals surface area contributed by atoms with E-state index < -0.39 is 0 Å². The first-order valence-electron chi connectivity index (χ1n) is 8.25. The second-order valence-corrected chi connectivity index (χ2v) is 6.53. The van der Waals surface area contributed by atoms with Crippen LogP contribution in [0.4, 0.5) is 0 Å². The van der Waals surface area contributed by atoms with E-state index in [0.717, 1.165) is 22.3 Å². The fourth-order valence-electron chi connectivity index (χ4n) is 3.15. The van der Waals surface area contributed by atoms with E-state index in [1.807, 2.05) is 37.8 Å². The third-order valence-electron chi connectivity index (χ3n) is 4.63. The summed E-state index contributed by atoms with van der Waals surface area (Å²) in [5, 5.41) is 7.06. The third kappa shape index (κ3) is 2.84. The molecule has 0 spiro atoms. The van der Waals surface area contributed by atoms with Crippen LogP contribution < -0.4 is 10.1 Å². The van der Waals surface area contributed by atoms with Gasteiger partial charge >= 0.3 is 0 Å². The van der Waals surface area contributed by atoms with Crippen LogP contribution in [0.15, 0.2) is 24.8 Å². The molecule has 8 nitrogen and oxygen atoms in total. The van der Waals surface area contributed by atoms with Gasteiger partial charge in [0.1, 0.15) is 11.6 Å². The summed E-state index contributed by atoms with van der Waals surface area (Å²) in [6.07, 6.45) is 5.78. The summed E-state index contributed by atoms with van der Waals surface area (Å²) in [5.74, 6) is 0.742. The van der Waals surface area contributed by atoms with Gasteiger partial charge in [-0.15, -0.1) is 0 Å². The highest BCUT2D eigenvalue weighted by molar-refractivity contribution is 5.84. The summed E-state index contributed by atoms with van der Waals surface area (Å²) in [4.78, 5) is 20.6. The highest BCUT2D eigenvalue weighted by Crippen LogP contribution is 2.30. The lowest BCUT2D eigenvalue weighted by atomic mass is 10.0. The van der Waals surface area contributed by atoms with Crippen molar-refractivity contribution in [3.8, 4) is 17.1 Å². The zero-order valence-electron chi connectivity index (χ0n) is 14.4. The molecular weight excluding hydrogens is 320 g/mol. The van der Waals surface area contributed by atoms with Gasteiger partial charge in [0, 0.05) is 44.7 Å². The molecule has 1 amide bonds. The standard InChI is InChI=1S/C17H20N6O2/c1-10(11-4-15(24)18-6-11)25-17-16-14(19-9-22(16)2)5-13(21-17)12-7-20-23(3)8-12/h5,7-11H,4,6H2,1-3H3,(H,18,24). The lowest BCUT2D eigenvalue weighted by Gasteiger charge is -2.20. The first-order valence-corrected chi connectivity index (χ1v) is 8.25. The molecule has 3 aromatic heterocycles. The zero-order valence-corrected chi connectivity index (χ0v) is 14.4. The minimum Gasteiger partial charge on any atom is -0.473 e. The SMILES string of the molecule is CC(Oc1nc(-c2cnn(C)c2)cc2ncn(C)c12)C1CNC(=O)C1. The number of carbonyl (C=O) groups excluding carboxylic acids is 1. The van der Waals surface area contributed by atoms with Crippen LogP contribution in [-0.4, -0.2) is 42.9 Å². The Balaban J connectivity index is 1.73. The van der Waals surface area contributed by atoms with Crippen molar-refractivity contribution < 1.29 is 9.53 Å². The molecular formula is C17H20N6O2. The molecule has 0 radical (unpaired) electrons. The van der Waals surface area contributed by atoms with Crippen LogP contribution >= 0.6 is 0 Å². The Morgan fingerprint density at radius 3 is 2.92 bits per heavy atom. The number of amides is 1. The minimum atomic E-state index is -0.131. The number of ether oxygens (including phenoxy) is 1. The van der Waals surface area contributed by atoms with Crippen molar-refractivity contribution in [2.75, 3.05) is 6.54 Å². The van der Waals surface area contributed by atoms with Gasteiger partial charge in [-0.3, -0.25) is 9.48 Å². The number of fused-ring (bicyclic) bond motifs is 1. The Kier molecular flexibility index (Phi) is 3.67. The summed E-state index contributed by atoms with van der Waals surface area (Å²) in [6.45, 7) is 2.61. The van der Waals surface area contributed by atoms with E-state index in [2.05, 4.69) is 15.4 Å². The Morgan fingerprint density at radius 1 is 1.40 bits per heavy atom. The molecule has 1 N–H and O–H groups in total. The van der Waals surface area contributed by atoms with Gasteiger partial charge in [0.2, 0.25) is 11.8 Å². The normalized spacial score (nSPS) is 18.5. The Labute approximate surface area is 144 Å². The second kappa shape index (κ2) is 5.87. The molecule has 0 aromatic carbocycles. The minimum absolute atomic E-state index is 0.0724. The molecule has 1 aliphatic rings. The number of pyridine rings is 1. The topological polar surface area (TPSA) is 86.9 Å². The fraction of sp³-hybridized carbons (Fsp3) is 0.412. The summed E-state index contributed by atoms with van der Waals surface area (Å²) in [7, 11) is 3.78. The highest BCUT2D eigenvalue weighted by Gasteiger charge is 2.29. The number of imidazole rings is 1. The number of nitrogens with one attached hydrogen (secondary N) is 1. The van der Waals surface area contributed by atoms with E-state index in [-0.39, 0.29) is 17.9 Å². The Hall–Kier alpha value is -2.90. The third-order valence-corrected chi connectivity index (χ3v) is 4.63. The highest BCUT2D eigenvalue weighted by atomic mass is 16.5. The molecule has 2 atom stereocenters. The van der Waals surface area contributed by atoms with E-state index >= 15 is 0 Å². The quantitative estimate of drug-likeness (QED) is 0.773. The maximum atomic E-state index is 11.5. The molecule has 0 saturated carbocycles. The van der Waals surface area contributed by atoms with E-state index in [0.29, 0.717) is 18.8 Å². The maximum Gasteiger partial charge on any atom is 0.241 e. The van der Waals surface area contributed by atoms with E-state index in [9.17, 15) is 4.79 Å². The maximum absolute atomic E-state index is 11.5. The van der Waals surface area contributed by atoms with E-state index in [4.69, 9.17) is 9.72 Å². The average molecular weight is 340 g/mol. The van der Waals surface area contributed by atoms with Gasteiger partial charge in [0.05, 0.1) is 23.7 Å². The molecule has 4 rings (SSSR count). The number of hydrogen-bond acceptors (Lipinski definition) is 5. The van der Waals surface area contributed by atoms with Gasteiger partial charge in [-0.05, 0) is 13.0 Å². The van der Waals surface area contributed by atoms with Crippen LogP contribution in [0.3, 0.4) is 0 Å². The van der Waals surface area contributed by atoms with Crippen LogP contribution in [0.25, 0.3) is 22.3 Å². The monoisotopic (exact) mass is 340 g/mol. The van der Waals surface area contributed by atoms with Crippen LogP contribution in [-0.2, 0) is 18.9 Å². The van der Waals surface area contributed by atoms with E-state index in [1.54, 1.807) is 17.2 Å². The molecule has 8 heteroatoms. The first-order chi connectivity index (χ1) is 12.0. The van der Waals surface area contributed by atoms with Crippen molar-refractivity contribution in [3.63, 3.8) is 0 Å². The predicted octanol–water partition coefficient (Wildman–Crippen LogP) is 1.27. The Morgan fingerprint density at radius 2 is 2.24 bits per heavy atom. The molecule has 0 aliphatic carbocycles. The summed E-state index contributed by atoms with van der Waals surface area (Å²) in [6, 6.07) is 1.94. The van der Waals surface area contributed by atoms with Gasteiger partial charge in [-0.25, -0.2) is 9.97 Å².